The van der Waals surface area contributed by atoms with E-state index in [4.69, 9.17) is 9.47 Å². The van der Waals surface area contributed by atoms with Gasteiger partial charge >= 0.3 is 6.36 Å². The Morgan fingerprint density at radius 1 is 1.00 bits per heavy atom. The molecular formula is C16H16F3NO5S. The van der Waals surface area contributed by atoms with E-state index in [9.17, 15) is 21.6 Å². The zero-order chi connectivity index (χ0) is 19.2. The molecule has 0 radical (unpaired) electrons. The Morgan fingerprint density at radius 2 is 1.62 bits per heavy atom. The maximum atomic E-state index is 12.4. The molecule has 0 saturated carbocycles. The lowest BCUT2D eigenvalue weighted by molar-refractivity contribution is -0.274. The van der Waals surface area contributed by atoms with E-state index in [0.29, 0.717) is 11.5 Å². The van der Waals surface area contributed by atoms with Crippen LogP contribution >= 0.6 is 0 Å². The lowest BCUT2D eigenvalue weighted by Crippen LogP contribution is -2.23. The number of para-hydroxylation sites is 2. The summed E-state index contributed by atoms with van der Waals surface area (Å²) in [7, 11) is -2.43. The monoisotopic (exact) mass is 391 g/mol. The van der Waals surface area contributed by atoms with Gasteiger partial charge in [-0.15, -0.1) is 13.2 Å². The number of nitrogens with one attached hydrogen (secondary N) is 1. The predicted molar refractivity (Wildman–Crippen MR) is 89.0 cm³/mol. The molecule has 2 aromatic carbocycles. The molecule has 1 N–H and O–H groups in total. The van der Waals surface area contributed by atoms with Crippen LogP contribution in [0, 0.1) is 0 Å². The zero-order valence-corrected chi connectivity index (χ0v) is 14.4. The summed E-state index contributed by atoms with van der Waals surface area (Å²) in [5.41, 5.74) is -0.311. The molecule has 0 atom stereocenters. The van der Waals surface area contributed by atoms with Crippen molar-refractivity contribution < 1.29 is 35.8 Å². The number of anilines is 1. The number of ether oxygens (including phenoxy) is 3. The van der Waals surface area contributed by atoms with E-state index in [1.54, 1.807) is 24.3 Å². The second-order valence-electron chi connectivity index (χ2n) is 4.99. The summed E-state index contributed by atoms with van der Waals surface area (Å²) in [4.78, 5) is 0. The first kappa shape index (κ1) is 19.7. The third kappa shape index (κ3) is 6.36. The normalized spacial score (nSPS) is 11.7. The van der Waals surface area contributed by atoms with Crippen LogP contribution in [-0.4, -0.2) is 34.2 Å². The molecule has 0 amide bonds. The van der Waals surface area contributed by atoms with Crippen LogP contribution < -0.4 is 18.9 Å². The lowest BCUT2D eigenvalue weighted by Gasteiger charge is -2.15. The molecule has 0 aromatic heterocycles. The lowest BCUT2D eigenvalue weighted by atomic mass is 10.3. The van der Waals surface area contributed by atoms with E-state index in [2.05, 4.69) is 9.46 Å². The van der Waals surface area contributed by atoms with E-state index in [1.807, 2.05) is 0 Å². The maximum Gasteiger partial charge on any atom is 0.573 e. The van der Waals surface area contributed by atoms with E-state index in [-0.39, 0.29) is 12.3 Å². The maximum absolute atomic E-state index is 12.4. The van der Waals surface area contributed by atoms with Crippen molar-refractivity contribution in [3.63, 3.8) is 0 Å². The van der Waals surface area contributed by atoms with Crippen molar-refractivity contribution >= 4 is 15.7 Å². The number of benzene rings is 2. The fraction of sp³-hybridized carbons (Fsp3) is 0.250. The van der Waals surface area contributed by atoms with Gasteiger partial charge in [0.1, 0.15) is 23.9 Å². The van der Waals surface area contributed by atoms with Crippen molar-refractivity contribution in [1.29, 1.82) is 0 Å². The van der Waals surface area contributed by atoms with Gasteiger partial charge in [0, 0.05) is 0 Å². The third-order valence-electron chi connectivity index (χ3n) is 3.06. The molecule has 2 aromatic rings. The van der Waals surface area contributed by atoms with Gasteiger partial charge in [0.25, 0.3) is 0 Å². The average molecular weight is 391 g/mol. The molecule has 0 spiro atoms. The van der Waals surface area contributed by atoms with Crippen LogP contribution in [0.3, 0.4) is 0 Å². The molecule has 0 aliphatic heterocycles. The second kappa shape index (κ2) is 8.17. The molecule has 0 heterocycles. The minimum Gasteiger partial charge on any atom is -0.497 e. The van der Waals surface area contributed by atoms with Crippen molar-refractivity contribution in [2.45, 2.75) is 6.36 Å². The van der Waals surface area contributed by atoms with Gasteiger partial charge in [-0.1, -0.05) is 12.1 Å². The fourth-order valence-corrected chi connectivity index (χ4v) is 2.83. The van der Waals surface area contributed by atoms with Gasteiger partial charge in [-0.05, 0) is 36.4 Å². The number of rotatable bonds is 8. The quantitative estimate of drug-likeness (QED) is 0.747. The van der Waals surface area contributed by atoms with Crippen molar-refractivity contribution in [1.82, 2.24) is 0 Å². The van der Waals surface area contributed by atoms with Crippen molar-refractivity contribution in [3.05, 3.63) is 48.5 Å². The van der Waals surface area contributed by atoms with Gasteiger partial charge in [-0.3, -0.25) is 4.72 Å². The first-order chi connectivity index (χ1) is 12.2. The van der Waals surface area contributed by atoms with Crippen LogP contribution in [0.25, 0.3) is 0 Å². The van der Waals surface area contributed by atoms with Gasteiger partial charge in [0.2, 0.25) is 10.0 Å². The Hall–Kier alpha value is -2.62. The summed E-state index contributed by atoms with van der Waals surface area (Å²) in [5, 5.41) is 0. The van der Waals surface area contributed by atoms with Crippen LogP contribution in [0.1, 0.15) is 0 Å². The first-order valence-corrected chi connectivity index (χ1v) is 8.96. The molecule has 0 aliphatic rings. The van der Waals surface area contributed by atoms with E-state index < -0.39 is 27.9 Å². The summed E-state index contributed by atoms with van der Waals surface area (Å²) in [6.45, 7) is -0.191. The minimum absolute atomic E-state index is 0.191. The highest BCUT2D eigenvalue weighted by molar-refractivity contribution is 7.92. The summed E-state index contributed by atoms with van der Waals surface area (Å²) in [6, 6.07) is 11.4. The van der Waals surface area contributed by atoms with E-state index in [0.717, 1.165) is 6.07 Å². The molecule has 0 aliphatic carbocycles. The number of alkyl halides is 3. The predicted octanol–water partition coefficient (Wildman–Crippen LogP) is 3.41. The highest BCUT2D eigenvalue weighted by atomic mass is 32.2. The van der Waals surface area contributed by atoms with Gasteiger partial charge in [0.15, 0.2) is 5.75 Å². The van der Waals surface area contributed by atoms with Gasteiger partial charge in [-0.25, -0.2) is 8.42 Å². The van der Waals surface area contributed by atoms with E-state index >= 15 is 0 Å². The highest BCUT2D eigenvalue weighted by Gasteiger charge is 2.32. The summed E-state index contributed by atoms with van der Waals surface area (Å²) < 4.78 is 77.4. The van der Waals surface area contributed by atoms with Crippen LogP contribution in [0.15, 0.2) is 48.5 Å². The number of hydrogen-bond acceptors (Lipinski definition) is 5. The van der Waals surface area contributed by atoms with Crippen LogP contribution in [-0.2, 0) is 10.0 Å². The topological polar surface area (TPSA) is 73.9 Å². The molecule has 0 bridgehead atoms. The molecule has 26 heavy (non-hydrogen) atoms. The molecule has 10 heteroatoms. The SMILES string of the molecule is COc1ccc(OCCS(=O)(=O)Nc2ccccc2OC(F)(F)F)cc1. The molecule has 0 fully saturated rings. The highest BCUT2D eigenvalue weighted by Crippen LogP contribution is 2.30. The number of halogens is 3. The molecule has 6 nitrogen and oxygen atoms in total. The Kier molecular flexibility index (Phi) is 6.19. The molecule has 0 saturated heterocycles. The number of sulfonamides is 1. The fourth-order valence-electron chi connectivity index (χ4n) is 1.92. The van der Waals surface area contributed by atoms with Crippen molar-refractivity contribution in [3.8, 4) is 17.2 Å². The summed E-state index contributed by atoms with van der Waals surface area (Å²) >= 11 is 0. The summed E-state index contributed by atoms with van der Waals surface area (Å²) in [6.07, 6.45) is -4.93. The average Bonchev–Trinajstić information content (AvgIpc) is 2.55. The number of hydrogen-bond donors (Lipinski definition) is 1. The second-order valence-corrected chi connectivity index (χ2v) is 6.83. The Balaban J connectivity index is 1.96. The zero-order valence-electron chi connectivity index (χ0n) is 13.6. The van der Waals surface area contributed by atoms with Crippen LogP contribution in [0.5, 0.6) is 17.2 Å². The van der Waals surface area contributed by atoms with E-state index in [1.165, 1.54) is 25.3 Å². The van der Waals surface area contributed by atoms with Crippen LogP contribution in [0.2, 0.25) is 0 Å². The van der Waals surface area contributed by atoms with Gasteiger partial charge in [-0.2, -0.15) is 0 Å². The minimum atomic E-state index is -4.93. The number of methoxy groups -OCH3 is 1. The van der Waals surface area contributed by atoms with Gasteiger partial charge < -0.3 is 14.2 Å². The molecule has 142 valence electrons. The summed E-state index contributed by atoms with van der Waals surface area (Å²) in [5.74, 6) is -0.0475. The Labute approximate surface area is 148 Å². The smallest absolute Gasteiger partial charge is 0.497 e. The first-order valence-electron chi connectivity index (χ1n) is 7.31. The Morgan fingerprint density at radius 3 is 2.23 bits per heavy atom. The van der Waals surface area contributed by atoms with Crippen LogP contribution in [0.4, 0.5) is 18.9 Å². The molecule has 2 rings (SSSR count). The van der Waals surface area contributed by atoms with Gasteiger partial charge in [0.05, 0.1) is 12.8 Å². The largest absolute Gasteiger partial charge is 0.573 e. The third-order valence-corrected chi connectivity index (χ3v) is 4.29. The molecular weight excluding hydrogens is 375 g/mol. The molecule has 0 unspecified atom stereocenters. The Bertz CT molecular complexity index is 823. The van der Waals surface area contributed by atoms with Crippen molar-refractivity contribution in [2.75, 3.05) is 24.2 Å². The van der Waals surface area contributed by atoms with Crippen molar-refractivity contribution in [2.24, 2.45) is 0 Å². The standard InChI is InChI=1S/C16H16F3NO5S/c1-23-12-6-8-13(9-7-12)24-10-11-26(21,22)20-14-4-2-3-5-15(14)25-16(17,18)19/h2-9,20H,10-11H2,1H3.